The monoisotopic (exact) mass is 307 g/mol. The molecule has 5 heteroatoms. The largest absolute Gasteiger partial charge is 0.321 e. The van der Waals surface area contributed by atoms with Gasteiger partial charge in [-0.25, -0.2) is 0 Å². The quantitative estimate of drug-likeness (QED) is 0.929. The Morgan fingerprint density at radius 2 is 2.24 bits per heavy atom. The zero-order chi connectivity index (χ0) is 15.0. The van der Waals surface area contributed by atoms with E-state index < -0.39 is 0 Å². The molecule has 1 amide bonds. The molecule has 2 saturated heterocycles. The molecule has 1 N–H and O–H groups in total. The van der Waals surface area contributed by atoms with Crippen molar-refractivity contribution in [2.24, 2.45) is 5.92 Å². The predicted octanol–water partition coefficient (Wildman–Crippen LogP) is 2.11. The van der Waals surface area contributed by atoms with Crippen LogP contribution in [0.25, 0.3) is 0 Å². The predicted molar refractivity (Wildman–Crippen MR) is 84.1 cm³/mol. The lowest BCUT2D eigenvalue weighted by Crippen LogP contribution is -2.35. The van der Waals surface area contributed by atoms with Crippen LogP contribution in [0.15, 0.2) is 24.3 Å². The summed E-state index contributed by atoms with van der Waals surface area (Å²) in [5.41, 5.74) is 1.06. The van der Waals surface area contributed by atoms with Gasteiger partial charge in [-0.15, -0.1) is 0 Å². The summed E-state index contributed by atoms with van der Waals surface area (Å²) >= 11 is 6.10. The van der Waals surface area contributed by atoms with Crippen LogP contribution in [-0.2, 0) is 4.79 Å². The standard InChI is InChI=1S/C16H22ClN3O/c1-11-16(21)20(10-12-6-7-19(2)9-12)15(18-11)13-4-3-5-14(17)8-13/h3-5,8,11-12,15,18H,6-7,9-10H2,1-2H3. The number of carbonyl (C=O) groups excluding carboxylic acids is 1. The minimum Gasteiger partial charge on any atom is -0.321 e. The second kappa shape index (κ2) is 5.95. The van der Waals surface area contributed by atoms with Crippen LogP contribution in [0.2, 0.25) is 5.02 Å². The second-order valence-corrected chi connectivity index (χ2v) is 6.69. The molecule has 2 heterocycles. The molecule has 0 saturated carbocycles. The van der Waals surface area contributed by atoms with Crippen molar-refractivity contribution >= 4 is 17.5 Å². The number of hydrogen-bond acceptors (Lipinski definition) is 3. The summed E-state index contributed by atoms with van der Waals surface area (Å²) in [5.74, 6) is 0.752. The maximum Gasteiger partial charge on any atom is 0.241 e. The molecule has 0 aliphatic carbocycles. The Hall–Kier alpha value is -1.10. The molecule has 0 aromatic heterocycles. The highest BCUT2D eigenvalue weighted by Gasteiger charge is 2.38. The van der Waals surface area contributed by atoms with E-state index in [-0.39, 0.29) is 18.1 Å². The van der Waals surface area contributed by atoms with Crippen molar-refractivity contribution in [2.45, 2.75) is 25.6 Å². The van der Waals surface area contributed by atoms with E-state index in [0.717, 1.165) is 31.6 Å². The number of hydrogen-bond donors (Lipinski definition) is 1. The Morgan fingerprint density at radius 3 is 2.90 bits per heavy atom. The smallest absolute Gasteiger partial charge is 0.241 e. The molecule has 114 valence electrons. The number of halogens is 1. The average Bonchev–Trinajstić information content (AvgIpc) is 2.98. The van der Waals surface area contributed by atoms with E-state index in [4.69, 9.17) is 11.6 Å². The van der Waals surface area contributed by atoms with Crippen molar-refractivity contribution in [1.29, 1.82) is 0 Å². The number of nitrogens with one attached hydrogen (secondary N) is 1. The number of amides is 1. The zero-order valence-electron chi connectivity index (χ0n) is 12.6. The second-order valence-electron chi connectivity index (χ2n) is 6.25. The van der Waals surface area contributed by atoms with E-state index in [1.54, 1.807) is 0 Å². The Bertz CT molecular complexity index is 536. The lowest BCUT2D eigenvalue weighted by molar-refractivity contribution is -0.130. The molecule has 3 unspecified atom stereocenters. The molecular formula is C16H22ClN3O. The van der Waals surface area contributed by atoms with Crippen LogP contribution >= 0.6 is 11.6 Å². The minimum atomic E-state index is -0.131. The first-order valence-corrected chi connectivity index (χ1v) is 7.93. The molecule has 0 radical (unpaired) electrons. The van der Waals surface area contributed by atoms with Gasteiger partial charge in [0.2, 0.25) is 5.91 Å². The Morgan fingerprint density at radius 1 is 1.43 bits per heavy atom. The Kier molecular flexibility index (Phi) is 4.20. The molecule has 0 bridgehead atoms. The van der Waals surface area contributed by atoms with Crippen molar-refractivity contribution in [2.75, 3.05) is 26.7 Å². The number of likely N-dealkylation sites (tertiary alicyclic amines) is 1. The van der Waals surface area contributed by atoms with Crippen LogP contribution in [0.4, 0.5) is 0 Å². The highest BCUT2D eigenvalue weighted by atomic mass is 35.5. The molecule has 21 heavy (non-hydrogen) atoms. The minimum absolute atomic E-state index is 0.0582. The maximum absolute atomic E-state index is 12.5. The van der Waals surface area contributed by atoms with Gasteiger partial charge in [0.15, 0.2) is 0 Å². The van der Waals surface area contributed by atoms with Gasteiger partial charge < -0.3 is 9.80 Å². The van der Waals surface area contributed by atoms with E-state index >= 15 is 0 Å². The van der Waals surface area contributed by atoms with Gasteiger partial charge in [-0.1, -0.05) is 23.7 Å². The van der Waals surface area contributed by atoms with E-state index in [1.165, 1.54) is 0 Å². The fourth-order valence-corrected chi connectivity index (χ4v) is 3.57. The van der Waals surface area contributed by atoms with Crippen LogP contribution in [0.5, 0.6) is 0 Å². The molecule has 3 atom stereocenters. The SMILES string of the molecule is CC1NC(c2cccc(Cl)c2)N(CC2CCN(C)C2)C1=O. The van der Waals surface area contributed by atoms with Gasteiger partial charge in [-0.3, -0.25) is 10.1 Å². The topological polar surface area (TPSA) is 35.6 Å². The van der Waals surface area contributed by atoms with Gasteiger partial charge in [-0.05, 0) is 50.6 Å². The third-order valence-electron chi connectivity index (χ3n) is 4.48. The summed E-state index contributed by atoms with van der Waals surface area (Å²) in [7, 11) is 2.14. The molecule has 2 aliphatic rings. The first kappa shape index (κ1) is 14.8. The van der Waals surface area contributed by atoms with Gasteiger partial charge in [-0.2, -0.15) is 0 Å². The molecule has 4 nitrogen and oxygen atoms in total. The Balaban J connectivity index is 1.79. The van der Waals surface area contributed by atoms with Crippen LogP contribution < -0.4 is 5.32 Å². The first-order valence-electron chi connectivity index (χ1n) is 7.55. The maximum atomic E-state index is 12.5. The molecule has 1 aromatic carbocycles. The van der Waals surface area contributed by atoms with Crippen molar-refractivity contribution < 1.29 is 4.79 Å². The normalized spacial score (nSPS) is 30.3. The van der Waals surface area contributed by atoms with E-state index in [1.807, 2.05) is 36.1 Å². The summed E-state index contributed by atoms with van der Waals surface area (Å²) in [4.78, 5) is 16.8. The Labute approximate surface area is 131 Å². The van der Waals surface area contributed by atoms with Gasteiger partial charge >= 0.3 is 0 Å². The fraction of sp³-hybridized carbons (Fsp3) is 0.562. The molecule has 2 aliphatic heterocycles. The average molecular weight is 308 g/mol. The van der Waals surface area contributed by atoms with Crippen LogP contribution in [-0.4, -0.2) is 48.4 Å². The third-order valence-corrected chi connectivity index (χ3v) is 4.72. The van der Waals surface area contributed by atoms with Gasteiger partial charge in [0, 0.05) is 18.1 Å². The molecule has 1 aromatic rings. The number of benzene rings is 1. The van der Waals surface area contributed by atoms with Crippen molar-refractivity contribution in [1.82, 2.24) is 15.1 Å². The molecule has 0 spiro atoms. The fourth-order valence-electron chi connectivity index (χ4n) is 3.38. The van der Waals surface area contributed by atoms with Gasteiger partial charge in [0.25, 0.3) is 0 Å². The number of rotatable bonds is 3. The lowest BCUT2D eigenvalue weighted by atomic mass is 10.1. The van der Waals surface area contributed by atoms with Crippen LogP contribution in [0.3, 0.4) is 0 Å². The number of nitrogens with zero attached hydrogens (tertiary/aromatic N) is 2. The van der Waals surface area contributed by atoms with Crippen molar-refractivity contribution in [3.63, 3.8) is 0 Å². The third kappa shape index (κ3) is 3.07. The summed E-state index contributed by atoms with van der Waals surface area (Å²) < 4.78 is 0. The van der Waals surface area contributed by atoms with Gasteiger partial charge in [0.1, 0.15) is 6.17 Å². The van der Waals surface area contributed by atoms with Crippen LogP contribution in [0.1, 0.15) is 25.1 Å². The summed E-state index contributed by atoms with van der Waals surface area (Å²) in [6.07, 6.45) is 1.11. The first-order chi connectivity index (χ1) is 10.0. The van der Waals surface area contributed by atoms with Crippen LogP contribution in [0, 0.1) is 5.92 Å². The van der Waals surface area contributed by atoms with E-state index in [0.29, 0.717) is 10.9 Å². The summed E-state index contributed by atoms with van der Waals surface area (Å²) in [6, 6.07) is 7.64. The highest BCUT2D eigenvalue weighted by molar-refractivity contribution is 6.30. The van der Waals surface area contributed by atoms with Gasteiger partial charge in [0.05, 0.1) is 6.04 Å². The van der Waals surface area contributed by atoms with Crippen molar-refractivity contribution in [3.8, 4) is 0 Å². The molecule has 2 fully saturated rings. The van der Waals surface area contributed by atoms with E-state index in [9.17, 15) is 4.79 Å². The zero-order valence-corrected chi connectivity index (χ0v) is 13.3. The van der Waals surface area contributed by atoms with E-state index in [2.05, 4.69) is 17.3 Å². The highest BCUT2D eigenvalue weighted by Crippen LogP contribution is 2.29. The summed E-state index contributed by atoms with van der Waals surface area (Å²) in [6.45, 7) is 4.94. The summed E-state index contributed by atoms with van der Waals surface area (Å²) in [5, 5.41) is 4.10. The molecule has 3 rings (SSSR count). The lowest BCUT2D eigenvalue weighted by Gasteiger charge is -2.27. The number of carbonyl (C=O) groups is 1. The molecular weight excluding hydrogens is 286 g/mol. The van der Waals surface area contributed by atoms with Crippen molar-refractivity contribution in [3.05, 3.63) is 34.9 Å².